The summed E-state index contributed by atoms with van der Waals surface area (Å²) in [5.41, 5.74) is 2.35. The van der Waals surface area contributed by atoms with Gasteiger partial charge in [-0.3, -0.25) is 4.79 Å². The van der Waals surface area contributed by atoms with Gasteiger partial charge in [0.05, 0.1) is 23.1 Å². The van der Waals surface area contributed by atoms with Gasteiger partial charge < -0.3 is 14.1 Å². The minimum absolute atomic E-state index is 0.208. The lowest BCUT2D eigenvalue weighted by atomic mass is 9.89. The van der Waals surface area contributed by atoms with E-state index in [9.17, 15) is 14.9 Å². The first kappa shape index (κ1) is 22.8. The molecule has 176 valence electrons. The largest absolute Gasteiger partial charge is 0.462 e. The Bertz CT molecular complexity index is 1550. The van der Waals surface area contributed by atoms with Gasteiger partial charge in [-0.2, -0.15) is 5.26 Å². The fourth-order valence-electron chi connectivity index (χ4n) is 4.34. The predicted octanol–water partition coefficient (Wildman–Crippen LogP) is 5.61. The fourth-order valence-corrected chi connectivity index (χ4v) is 5.73. The average Bonchev–Trinajstić information content (AvgIpc) is 3.47. The number of thiophene rings is 1. The first-order valence-electron chi connectivity index (χ1n) is 11.5. The number of aryl methyl sites for hydroxylation is 1. The van der Waals surface area contributed by atoms with Gasteiger partial charge in [0.1, 0.15) is 22.4 Å². The number of nitrogens with one attached hydrogen (secondary N) is 1. The number of rotatable bonds is 5. The summed E-state index contributed by atoms with van der Waals surface area (Å²) >= 11 is 1.55. The lowest BCUT2D eigenvalue weighted by molar-refractivity contribution is 0.0526. The monoisotopic (exact) mass is 485 g/mol. The van der Waals surface area contributed by atoms with Gasteiger partial charge in [0, 0.05) is 16.5 Å². The highest BCUT2D eigenvalue weighted by Gasteiger charge is 2.23. The van der Waals surface area contributed by atoms with Crippen molar-refractivity contribution in [3.05, 3.63) is 74.3 Å². The van der Waals surface area contributed by atoms with Crippen LogP contribution in [0.3, 0.4) is 0 Å². The number of fused-ring (bicyclic) bond motifs is 3. The second-order valence-electron chi connectivity index (χ2n) is 8.62. The molecule has 1 aliphatic rings. The third-order valence-electron chi connectivity index (χ3n) is 6.13. The van der Waals surface area contributed by atoms with Crippen LogP contribution in [0.25, 0.3) is 33.2 Å². The number of benzene rings is 1. The van der Waals surface area contributed by atoms with Crippen molar-refractivity contribution in [3.63, 3.8) is 0 Å². The zero-order valence-corrected chi connectivity index (χ0v) is 20.2. The zero-order valence-electron chi connectivity index (χ0n) is 19.4. The molecule has 3 heterocycles. The number of aromatic nitrogens is 2. The molecular formula is C27H23N3O4S. The quantitative estimate of drug-likeness (QED) is 0.291. The van der Waals surface area contributed by atoms with Crippen molar-refractivity contribution in [1.82, 2.24) is 9.97 Å². The van der Waals surface area contributed by atoms with E-state index >= 15 is 0 Å². The van der Waals surface area contributed by atoms with E-state index in [1.807, 2.05) is 0 Å². The molecule has 0 saturated heterocycles. The summed E-state index contributed by atoms with van der Waals surface area (Å²) < 4.78 is 10.9. The van der Waals surface area contributed by atoms with Gasteiger partial charge in [-0.25, -0.2) is 9.78 Å². The van der Waals surface area contributed by atoms with Crippen LogP contribution >= 0.6 is 11.3 Å². The number of hydrogen-bond donors (Lipinski definition) is 1. The number of hydrogen-bond acceptors (Lipinski definition) is 7. The summed E-state index contributed by atoms with van der Waals surface area (Å²) in [7, 11) is 0. The van der Waals surface area contributed by atoms with Crippen molar-refractivity contribution in [2.24, 2.45) is 5.92 Å². The summed E-state index contributed by atoms with van der Waals surface area (Å²) in [5, 5.41) is 10.4. The van der Waals surface area contributed by atoms with Crippen LogP contribution < -0.4 is 5.56 Å². The topological polar surface area (TPSA) is 109 Å². The second kappa shape index (κ2) is 9.35. The maximum atomic E-state index is 12.9. The van der Waals surface area contributed by atoms with Gasteiger partial charge >= 0.3 is 5.97 Å². The fraction of sp³-hybridized carbons (Fsp3) is 0.259. The van der Waals surface area contributed by atoms with Crippen molar-refractivity contribution in [3.8, 4) is 17.4 Å². The SMILES string of the molecule is CCOC(=O)c1ccc(-c2ccc(/C=C(\C#N)c3nc4sc5c(c4c(=O)[nH]3)CC[C@@H](C)C5)o2)cc1. The van der Waals surface area contributed by atoms with E-state index in [2.05, 4.69) is 23.0 Å². The maximum Gasteiger partial charge on any atom is 0.338 e. The molecule has 0 bridgehead atoms. The minimum Gasteiger partial charge on any atom is -0.462 e. The third-order valence-corrected chi connectivity index (χ3v) is 7.28. The Balaban J connectivity index is 1.44. The van der Waals surface area contributed by atoms with Gasteiger partial charge in [-0.1, -0.05) is 19.1 Å². The summed E-state index contributed by atoms with van der Waals surface area (Å²) in [6.07, 6.45) is 4.48. The van der Waals surface area contributed by atoms with E-state index in [1.54, 1.807) is 60.7 Å². The van der Waals surface area contributed by atoms with Gasteiger partial charge in [0.15, 0.2) is 5.82 Å². The average molecular weight is 486 g/mol. The highest BCUT2D eigenvalue weighted by atomic mass is 32.1. The standard InChI is InChI=1S/C27H23N3O4S/c1-3-33-27(32)17-7-5-16(6-8-17)21-11-9-19(34-21)13-18(14-28)24-29-25(31)23-20-10-4-15(2)12-22(20)35-26(23)30-24/h5-9,11,13,15H,3-4,10,12H2,1-2H3,(H,29,30,31)/b18-13+/t15-/m1/s1. The molecule has 1 aromatic carbocycles. The Morgan fingerprint density at radius 1 is 1.31 bits per heavy atom. The van der Waals surface area contributed by atoms with Crippen LogP contribution in [-0.2, 0) is 17.6 Å². The highest BCUT2D eigenvalue weighted by molar-refractivity contribution is 7.18. The Kier molecular flexibility index (Phi) is 6.10. The van der Waals surface area contributed by atoms with Crippen molar-refractivity contribution in [2.75, 3.05) is 6.61 Å². The molecule has 0 spiro atoms. The predicted molar refractivity (Wildman–Crippen MR) is 135 cm³/mol. The number of carbonyl (C=O) groups is 1. The molecule has 0 fully saturated rings. The lowest BCUT2D eigenvalue weighted by Crippen LogP contribution is -2.14. The second-order valence-corrected chi connectivity index (χ2v) is 9.70. The Hall–Kier alpha value is -3.96. The molecule has 1 aliphatic carbocycles. The van der Waals surface area contributed by atoms with Crippen LogP contribution in [0.1, 0.15) is 52.7 Å². The highest BCUT2D eigenvalue weighted by Crippen LogP contribution is 2.36. The first-order chi connectivity index (χ1) is 17.0. The van der Waals surface area contributed by atoms with E-state index in [-0.39, 0.29) is 22.9 Å². The number of H-pyrrole nitrogens is 1. The van der Waals surface area contributed by atoms with E-state index in [4.69, 9.17) is 9.15 Å². The van der Waals surface area contributed by atoms with Crippen molar-refractivity contribution in [1.29, 1.82) is 5.26 Å². The number of ether oxygens (including phenoxy) is 1. The molecule has 1 atom stereocenters. The number of furan rings is 1. The molecular weight excluding hydrogens is 462 g/mol. The van der Waals surface area contributed by atoms with Crippen molar-refractivity contribution < 1.29 is 13.9 Å². The Labute approximate surface area is 205 Å². The minimum atomic E-state index is -0.375. The Morgan fingerprint density at radius 2 is 2.11 bits per heavy atom. The number of nitrogens with zero attached hydrogens (tertiary/aromatic N) is 2. The third kappa shape index (κ3) is 4.43. The molecule has 3 aromatic heterocycles. The normalized spacial score (nSPS) is 15.6. The molecule has 0 amide bonds. The molecule has 4 aromatic rings. The van der Waals surface area contributed by atoms with Crippen LogP contribution in [0, 0.1) is 17.2 Å². The van der Waals surface area contributed by atoms with Crippen LogP contribution in [0.4, 0.5) is 0 Å². The maximum absolute atomic E-state index is 12.9. The molecule has 0 unspecified atom stereocenters. The van der Waals surface area contributed by atoms with Crippen LogP contribution in [-0.4, -0.2) is 22.5 Å². The molecule has 1 N–H and O–H groups in total. The number of aromatic amines is 1. The van der Waals surface area contributed by atoms with Gasteiger partial charge in [-0.15, -0.1) is 11.3 Å². The van der Waals surface area contributed by atoms with E-state index in [0.717, 1.165) is 30.4 Å². The van der Waals surface area contributed by atoms with Crippen molar-refractivity contribution in [2.45, 2.75) is 33.1 Å². The molecule has 5 rings (SSSR count). The summed E-state index contributed by atoms with van der Waals surface area (Å²) in [4.78, 5) is 34.1. The van der Waals surface area contributed by atoms with Gasteiger partial charge in [0.2, 0.25) is 0 Å². The number of carbonyl (C=O) groups excluding carboxylic acids is 1. The first-order valence-corrected chi connectivity index (χ1v) is 12.3. The van der Waals surface area contributed by atoms with Gasteiger partial charge in [0.25, 0.3) is 5.56 Å². The summed E-state index contributed by atoms with van der Waals surface area (Å²) in [6, 6.07) is 12.6. The molecule has 0 radical (unpaired) electrons. The van der Waals surface area contributed by atoms with Crippen molar-refractivity contribution >= 4 is 39.2 Å². The molecule has 35 heavy (non-hydrogen) atoms. The zero-order chi connectivity index (χ0) is 24.5. The van der Waals surface area contributed by atoms with E-state index in [0.29, 0.717) is 39.8 Å². The lowest BCUT2D eigenvalue weighted by Gasteiger charge is -2.17. The molecule has 0 aliphatic heterocycles. The van der Waals surface area contributed by atoms with Gasteiger partial charge in [-0.05, 0) is 61.9 Å². The van der Waals surface area contributed by atoms with Crippen LogP contribution in [0.2, 0.25) is 0 Å². The molecule has 7 nitrogen and oxygen atoms in total. The molecule has 0 saturated carbocycles. The smallest absolute Gasteiger partial charge is 0.338 e. The summed E-state index contributed by atoms with van der Waals surface area (Å²) in [5.74, 6) is 1.49. The molecule has 8 heteroatoms. The Morgan fingerprint density at radius 3 is 2.86 bits per heavy atom. The number of nitriles is 1. The van der Waals surface area contributed by atoms with E-state index < -0.39 is 0 Å². The van der Waals surface area contributed by atoms with Crippen LogP contribution in [0.5, 0.6) is 0 Å². The number of esters is 1. The van der Waals surface area contributed by atoms with E-state index in [1.165, 1.54) is 4.88 Å². The van der Waals surface area contributed by atoms with Crippen LogP contribution in [0.15, 0.2) is 45.6 Å². The number of allylic oxidation sites excluding steroid dienone is 1. The summed E-state index contributed by atoms with van der Waals surface area (Å²) in [6.45, 7) is 4.30.